The largest absolute Gasteiger partial charge is 0.355 e. The smallest absolute Gasteiger partial charge is 0.219 e. The zero-order valence-electron chi connectivity index (χ0n) is 11.7. The van der Waals surface area contributed by atoms with Crippen molar-refractivity contribution in [3.63, 3.8) is 0 Å². The predicted molar refractivity (Wildman–Crippen MR) is 75.9 cm³/mol. The van der Waals surface area contributed by atoms with E-state index in [-0.39, 0.29) is 11.9 Å². The van der Waals surface area contributed by atoms with Crippen molar-refractivity contribution in [1.82, 2.24) is 9.88 Å². The summed E-state index contributed by atoms with van der Waals surface area (Å²) in [5.41, 5.74) is 6.87. The predicted octanol–water partition coefficient (Wildman–Crippen LogP) is 1.16. The molecule has 19 heavy (non-hydrogen) atoms. The van der Waals surface area contributed by atoms with Gasteiger partial charge in [0.1, 0.15) is 5.82 Å². The van der Waals surface area contributed by atoms with Crippen LogP contribution in [0.2, 0.25) is 0 Å². The van der Waals surface area contributed by atoms with E-state index in [1.54, 1.807) is 6.92 Å². The lowest BCUT2D eigenvalue weighted by Gasteiger charge is -2.22. The number of amides is 1. The van der Waals surface area contributed by atoms with Crippen LogP contribution in [0.5, 0.6) is 0 Å². The van der Waals surface area contributed by atoms with Crippen LogP contribution in [0.15, 0.2) is 18.3 Å². The van der Waals surface area contributed by atoms with Gasteiger partial charge in [0, 0.05) is 45.3 Å². The summed E-state index contributed by atoms with van der Waals surface area (Å²) in [6, 6.07) is 4.06. The first-order valence-electron chi connectivity index (χ1n) is 6.80. The SMILES string of the molecule is CC(=O)N1CCCN(c2ccc([C@@H](C)N)cn2)CC1. The van der Waals surface area contributed by atoms with E-state index in [9.17, 15) is 4.79 Å². The quantitative estimate of drug-likeness (QED) is 0.868. The van der Waals surface area contributed by atoms with Gasteiger partial charge in [-0.15, -0.1) is 0 Å². The zero-order valence-corrected chi connectivity index (χ0v) is 11.7. The summed E-state index contributed by atoms with van der Waals surface area (Å²) < 4.78 is 0. The number of anilines is 1. The highest BCUT2D eigenvalue weighted by Crippen LogP contribution is 2.16. The molecule has 0 aliphatic carbocycles. The van der Waals surface area contributed by atoms with E-state index in [1.165, 1.54) is 0 Å². The van der Waals surface area contributed by atoms with Crippen LogP contribution in [0, 0.1) is 0 Å². The molecule has 0 saturated carbocycles. The molecule has 1 aromatic rings. The molecule has 1 amide bonds. The number of nitrogens with zero attached hydrogens (tertiary/aromatic N) is 3. The summed E-state index contributed by atoms with van der Waals surface area (Å²) in [5.74, 6) is 1.12. The van der Waals surface area contributed by atoms with Gasteiger partial charge in [-0.2, -0.15) is 0 Å². The van der Waals surface area contributed by atoms with Crippen LogP contribution in [0.1, 0.15) is 31.9 Å². The van der Waals surface area contributed by atoms with Crippen LogP contribution in [0.25, 0.3) is 0 Å². The number of hydrogen-bond donors (Lipinski definition) is 1. The molecule has 2 N–H and O–H groups in total. The van der Waals surface area contributed by atoms with Crippen LogP contribution >= 0.6 is 0 Å². The molecule has 0 radical (unpaired) electrons. The average molecular weight is 262 g/mol. The number of aromatic nitrogens is 1. The Labute approximate surface area is 114 Å². The minimum absolute atomic E-state index is 0.0129. The second kappa shape index (κ2) is 6.02. The normalized spacial score (nSPS) is 18.1. The molecule has 5 nitrogen and oxygen atoms in total. The molecule has 1 saturated heterocycles. The Bertz CT molecular complexity index is 430. The fourth-order valence-electron chi connectivity index (χ4n) is 2.32. The molecule has 1 fully saturated rings. The van der Waals surface area contributed by atoms with Gasteiger partial charge < -0.3 is 15.5 Å². The lowest BCUT2D eigenvalue weighted by Crippen LogP contribution is -2.33. The molecule has 2 heterocycles. The molecule has 1 aromatic heterocycles. The molecule has 0 bridgehead atoms. The summed E-state index contributed by atoms with van der Waals surface area (Å²) >= 11 is 0. The van der Waals surface area contributed by atoms with E-state index in [1.807, 2.05) is 30.2 Å². The van der Waals surface area contributed by atoms with Crippen molar-refractivity contribution in [3.8, 4) is 0 Å². The highest BCUT2D eigenvalue weighted by molar-refractivity contribution is 5.73. The average Bonchev–Trinajstić information content (AvgIpc) is 2.64. The first-order chi connectivity index (χ1) is 9.08. The maximum Gasteiger partial charge on any atom is 0.219 e. The molecule has 104 valence electrons. The molecule has 1 aliphatic rings. The number of nitrogens with two attached hydrogens (primary N) is 1. The molecule has 0 aromatic carbocycles. The van der Waals surface area contributed by atoms with Crippen molar-refractivity contribution >= 4 is 11.7 Å². The van der Waals surface area contributed by atoms with Crippen LogP contribution in [-0.2, 0) is 4.79 Å². The molecule has 0 unspecified atom stereocenters. The number of rotatable bonds is 2. The monoisotopic (exact) mass is 262 g/mol. The van der Waals surface area contributed by atoms with E-state index < -0.39 is 0 Å². The van der Waals surface area contributed by atoms with Gasteiger partial charge in [0.25, 0.3) is 0 Å². The molecular formula is C14H22N4O. The molecule has 5 heteroatoms. The Hall–Kier alpha value is -1.62. The third kappa shape index (κ3) is 3.44. The van der Waals surface area contributed by atoms with Gasteiger partial charge in [0.15, 0.2) is 0 Å². The first-order valence-corrected chi connectivity index (χ1v) is 6.80. The maximum atomic E-state index is 11.4. The lowest BCUT2D eigenvalue weighted by molar-refractivity contribution is -0.128. The van der Waals surface area contributed by atoms with Gasteiger partial charge in [-0.05, 0) is 25.0 Å². The van der Waals surface area contributed by atoms with Gasteiger partial charge in [-0.3, -0.25) is 4.79 Å². The molecule has 2 rings (SSSR count). The molecule has 1 aliphatic heterocycles. The van der Waals surface area contributed by atoms with Crippen LogP contribution in [0.4, 0.5) is 5.82 Å². The van der Waals surface area contributed by atoms with Crippen LogP contribution < -0.4 is 10.6 Å². The summed E-state index contributed by atoms with van der Waals surface area (Å²) in [6.07, 6.45) is 2.82. The molecule has 1 atom stereocenters. The van der Waals surface area contributed by atoms with Gasteiger partial charge in [-0.1, -0.05) is 6.07 Å². The second-order valence-electron chi connectivity index (χ2n) is 5.09. The fourth-order valence-corrected chi connectivity index (χ4v) is 2.32. The zero-order chi connectivity index (χ0) is 13.8. The van der Waals surface area contributed by atoms with Gasteiger partial charge in [0.2, 0.25) is 5.91 Å². The first kappa shape index (κ1) is 13.8. The third-order valence-corrected chi connectivity index (χ3v) is 3.56. The number of hydrogen-bond acceptors (Lipinski definition) is 4. The number of pyridine rings is 1. The summed E-state index contributed by atoms with van der Waals surface area (Å²) in [6.45, 7) is 6.97. The Morgan fingerprint density at radius 1 is 1.32 bits per heavy atom. The number of carbonyl (C=O) groups excluding carboxylic acids is 1. The number of carbonyl (C=O) groups is 1. The minimum Gasteiger partial charge on any atom is -0.355 e. The van der Waals surface area contributed by atoms with E-state index >= 15 is 0 Å². The Morgan fingerprint density at radius 3 is 2.68 bits per heavy atom. The van der Waals surface area contributed by atoms with Gasteiger partial charge in [-0.25, -0.2) is 4.98 Å². The van der Waals surface area contributed by atoms with Crippen molar-refractivity contribution in [1.29, 1.82) is 0 Å². The van der Waals surface area contributed by atoms with E-state index in [0.717, 1.165) is 44.0 Å². The van der Waals surface area contributed by atoms with Crippen molar-refractivity contribution in [3.05, 3.63) is 23.9 Å². The van der Waals surface area contributed by atoms with E-state index in [0.29, 0.717) is 0 Å². The topological polar surface area (TPSA) is 62.5 Å². The van der Waals surface area contributed by atoms with Crippen molar-refractivity contribution in [2.75, 3.05) is 31.1 Å². The maximum absolute atomic E-state index is 11.4. The lowest BCUT2D eigenvalue weighted by atomic mass is 10.1. The Balaban J connectivity index is 2.03. The van der Waals surface area contributed by atoms with Crippen LogP contribution in [0.3, 0.4) is 0 Å². The fraction of sp³-hybridized carbons (Fsp3) is 0.571. The highest BCUT2D eigenvalue weighted by atomic mass is 16.2. The summed E-state index contributed by atoms with van der Waals surface area (Å²) in [4.78, 5) is 20.0. The van der Waals surface area contributed by atoms with Crippen molar-refractivity contribution < 1.29 is 4.79 Å². The standard InChI is InChI=1S/C14H22N4O/c1-11(15)13-4-5-14(16-10-13)18-7-3-6-17(8-9-18)12(2)19/h4-5,10-11H,3,6-9,15H2,1-2H3/t11-/m1/s1. The van der Waals surface area contributed by atoms with Crippen molar-refractivity contribution in [2.24, 2.45) is 5.73 Å². The summed E-state index contributed by atoms with van der Waals surface area (Å²) in [7, 11) is 0. The van der Waals surface area contributed by atoms with Crippen molar-refractivity contribution in [2.45, 2.75) is 26.3 Å². The van der Waals surface area contributed by atoms with Crippen LogP contribution in [-0.4, -0.2) is 42.0 Å². The molecular weight excluding hydrogens is 240 g/mol. The van der Waals surface area contributed by atoms with Gasteiger partial charge in [0.05, 0.1) is 0 Å². The Kier molecular flexibility index (Phi) is 4.37. The van der Waals surface area contributed by atoms with E-state index in [2.05, 4.69) is 9.88 Å². The second-order valence-corrected chi connectivity index (χ2v) is 5.09. The highest BCUT2D eigenvalue weighted by Gasteiger charge is 2.17. The third-order valence-electron chi connectivity index (χ3n) is 3.56. The molecule has 0 spiro atoms. The van der Waals surface area contributed by atoms with Gasteiger partial charge >= 0.3 is 0 Å². The Morgan fingerprint density at radius 2 is 2.11 bits per heavy atom. The summed E-state index contributed by atoms with van der Waals surface area (Å²) in [5, 5.41) is 0. The minimum atomic E-state index is 0.0129. The van der Waals surface area contributed by atoms with E-state index in [4.69, 9.17) is 5.73 Å².